The summed E-state index contributed by atoms with van der Waals surface area (Å²) in [5.74, 6) is -0.151. The van der Waals surface area contributed by atoms with Gasteiger partial charge in [-0.3, -0.25) is 4.79 Å². The van der Waals surface area contributed by atoms with Crippen LogP contribution in [-0.4, -0.2) is 26.2 Å². The van der Waals surface area contributed by atoms with Crippen LogP contribution in [-0.2, 0) is 39.6 Å². The minimum absolute atomic E-state index is 0.110. The van der Waals surface area contributed by atoms with E-state index in [2.05, 4.69) is 6.92 Å². The Morgan fingerprint density at radius 3 is 2.62 bits per heavy atom. The number of aliphatic hydroxyl groups is 1. The summed E-state index contributed by atoms with van der Waals surface area (Å²) in [5.41, 5.74) is 2.17. The first kappa shape index (κ1) is 22.6. The molecular formula is C26H28N2O6. The van der Waals surface area contributed by atoms with Crippen LogP contribution >= 0.6 is 0 Å². The van der Waals surface area contributed by atoms with Crippen LogP contribution in [0.4, 0.5) is 0 Å². The summed E-state index contributed by atoms with van der Waals surface area (Å²) in [6.45, 7) is 9.71. The van der Waals surface area contributed by atoms with Crippen molar-refractivity contribution in [2.24, 2.45) is 0 Å². The van der Waals surface area contributed by atoms with Crippen LogP contribution in [0.15, 0.2) is 29.1 Å². The number of aryl methyl sites for hydroxylation is 1. The first-order chi connectivity index (χ1) is 16.1. The SMILES string of the molecule is CCc1c2c(nc3ccc(OOC(C)(C)C)cc13)-c1cc3c(c(=O)n1C2)COC(=O)C3(O)CC. The van der Waals surface area contributed by atoms with Gasteiger partial charge < -0.3 is 19.3 Å². The van der Waals surface area contributed by atoms with Crippen LogP contribution in [0.1, 0.15) is 63.3 Å². The Morgan fingerprint density at radius 2 is 1.94 bits per heavy atom. The molecule has 0 aliphatic carbocycles. The molecule has 2 aromatic heterocycles. The molecule has 1 aromatic carbocycles. The number of fused-ring (bicyclic) bond motifs is 5. The number of benzene rings is 1. The Bertz CT molecular complexity index is 1400. The van der Waals surface area contributed by atoms with Crippen molar-refractivity contribution >= 4 is 16.9 Å². The van der Waals surface area contributed by atoms with Gasteiger partial charge >= 0.3 is 5.97 Å². The number of rotatable bonds is 4. The van der Waals surface area contributed by atoms with Crippen LogP contribution in [0.5, 0.6) is 5.75 Å². The average molecular weight is 465 g/mol. The maximum atomic E-state index is 13.4. The summed E-state index contributed by atoms with van der Waals surface area (Å²) in [6, 6.07) is 7.31. The van der Waals surface area contributed by atoms with E-state index in [0.717, 1.165) is 28.5 Å². The van der Waals surface area contributed by atoms with E-state index in [1.807, 2.05) is 32.9 Å². The van der Waals surface area contributed by atoms with Gasteiger partial charge in [0.2, 0.25) is 0 Å². The van der Waals surface area contributed by atoms with Crippen molar-refractivity contribution in [2.75, 3.05) is 0 Å². The molecule has 1 N–H and O–H groups in total. The molecule has 178 valence electrons. The van der Waals surface area contributed by atoms with E-state index >= 15 is 0 Å². The van der Waals surface area contributed by atoms with Crippen LogP contribution in [0.25, 0.3) is 22.3 Å². The van der Waals surface area contributed by atoms with E-state index in [1.54, 1.807) is 23.6 Å². The number of ether oxygens (including phenoxy) is 1. The second-order valence-corrected chi connectivity index (χ2v) is 9.83. The topological polar surface area (TPSA) is 99.9 Å². The van der Waals surface area contributed by atoms with Gasteiger partial charge in [-0.05, 0) is 63.4 Å². The van der Waals surface area contributed by atoms with E-state index in [4.69, 9.17) is 19.5 Å². The Kier molecular flexibility index (Phi) is 5.07. The number of pyridine rings is 2. The summed E-state index contributed by atoms with van der Waals surface area (Å²) < 4.78 is 6.81. The number of hydrogen-bond donors (Lipinski definition) is 1. The van der Waals surface area contributed by atoms with Gasteiger partial charge in [0.15, 0.2) is 11.4 Å². The summed E-state index contributed by atoms with van der Waals surface area (Å²) in [7, 11) is 0. The lowest BCUT2D eigenvalue weighted by atomic mass is 9.86. The first-order valence-corrected chi connectivity index (χ1v) is 11.6. The molecule has 4 heterocycles. The van der Waals surface area contributed by atoms with E-state index in [9.17, 15) is 14.7 Å². The van der Waals surface area contributed by atoms with Crippen molar-refractivity contribution in [2.45, 2.75) is 71.8 Å². The van der Waals surface area contributed by atoms with Crippen molar-refractivity contribution in [1.29, 1.82) is 0 Å². The van der Waals surface area contributed by atoms with E-state index < -0.39 is 17.2 Å². The molecule has 8 heteroatoms. The fraction of sp³-hybridized carbons (Fsp3) is 0.423. The molecule has 0 radical (unpaired) electrons. The molecule has 5 rings (SSSR count). The number of aromatic nitrogens is 2. The predicted octanol–water partition coefficient (Wildman–Crippen LogP) is 3.75. The van der Waals surface area contributed by atoms with Crippen LogP contribution in [0.3, 0.4) is 0 Å². The molecule has 8 nitrogen and oxygen atoms in total. The first-order valence-electron chi connectivity index (χ1n) is 11.6. The molecule has 0 amide bonds. The Labute approximate surface area is 197 Å². The van der Waals surface area contributed by atoms with Crippen LogP contribution in [0.2, 0.25) is 0 Å². The maximum absolute atomic E-state index is 13.4. The third-order valence-corrected chi connectivity index (χ3v) is 6.52. The molecule has 0 bridgehead atoms. The van der Waals surface area contributed by atoms with Gasteiger partial charge in [0, 0.05) is 16.5 Å². The molecule has 1 unspecified atom stereocenters. The van der Waals surface area contributed by atoms with E-state index in [-0.39, 0.29) is 18.6 Å². The molecule has 2 aliphatic rings. The van der Waals surface area contributed by atoms with Gasteiger partial charge in [-0.1, -0.05) is 13.8 Å². The van der Waals surface area contributed by atoms with Gasteiger partial charge in [-0.15, -0.1) is 0 Å². The van der Waals surface area contributed by atoms with Gasteiger partial charge in [-0.25, -0.2) is 9.78 Å². The van der Waals surface area contributed by atoms with Crippen molar-refractivity contribution in [3.05, 3.63) is 56.9 Å². The average Bonchev–Trinajstić information content (AvgIpc) is 3.17. The monoisotopic (exact) mass is 464 g/mol. The smallest absolute Gasteiger partial charge is 0.343 e. The number of nitrogens with zero attached hydrogens (tertiary/aromatic N) is 2. The molecule has 0 saturated heterocycles. The molecule has 1 atom stereocenters. The summed E-state index contributed by atoms with van der Waals surface area (Å²) in [5, 5.41) is 12.0. The summed E-state index contributed by atoms with van der Waals surface area (Å²) >= 11 is 0. The highest BCUT2D eigenvalue weighted by molar-refractivity contribution is 5.89. The Morgan fingerprint density at radius 1 is 1.18 bits per heavy atom. The lowest BCUT2D eigenvalue weighted by molar-refractivity contribution is -0.274. The largest absolute Gasteiger partial charge is 0.458 e. The van der Waals surface area contributed by atoms with Crippen molar-refractivity contribution in [3.63, 3.8) is 0 Å². The fourth-order valence-electron chi connectivity index (χ4n) is 4.77. The molecule has 34 heavy (non-hydrogen) atoms. The standard InChI is InChI=1S/C26H28N2O6/c1-6-15-16-10-14(33-34-25(3,4)5)8-9-20(16)27-22-17(15)12-28-21(22)11-19-18(23(28)29)13-32-24(30)26(19,31)7-2/h8-11,31H,6-7,12-13H2,1-5H3. The zero-order chi connectivity index (χ0) is 24.4. The lowest BCUT2D eigenvalue weighted by Crippen LogP contribution is -2.44. The molecule has 2 aliphatic heterocycles. The number of esters is 1. The van der Waals surface area contributed by atoms with Gasteiger partial charge in [0.1, 0.15) is 12.2 Å². The minimum Gasteiger partial charge on any atom is -0.458 e. The highest BCUT2D eigenvalue weighted by atomic mass is 17.2. The predicted molar refractivity (Wildman–Crippen MR) is 125 cm³/mol. The molecule has 3 aromatic rings. The van der Waals surface area contributed by atoms with Crippen molar-refractivity contribution in [3.8, 4) is 17.1 Å². The summed E-state index contributed by atoms with van der Waals surface area (Å²) in [6.07, 6.45) is 0.841. The van der Waals surface area contributed by atoms with E-state index in [1.165, 1.54) is 0 Å². The van der Waals surface area contributed by atoms with Gasteiger partial charge in [0.25, 0.3) is 5.56 Å². The Balaban J connectivity index is 1.68. The zero-order valence-electron chi connectivity index (χ0n) is 20.0. The van der Waals surface area contributed by atoms with Crippen LogP contribution in [0, 0.1) is 0 Å². The van der Waals surface area contributed by atoms with Crippen molar-refractivity contribution in [1.82, 2.24) is 9.55 Å². The fourth-order valence-corrected chi connectivity index (χ4v) is 4.77. The minimum atomic E-state index is -1.84. The highest BCUT2D eigenvalue weighted by Gasteiger charge is 2.45. The number of cyclic esters (lactones) is 1. The third kappa shape index (κ3) is 3.32. The molecule has 0 fully saturated rings. The third-order valence-electron chi connectivity index (χ3n) is 6.52. The van der Waals surface area contributed by atoms with Gasteiger partial charge in [-0.2, -0.15) is 4.89 Å². The normalized spacial score (nSPS) is 18.9. The quantitative estimate of drug-likeness (QED) is 0.279. The highest BCUT2D eigenvalue weighted by Crippen LogP contribution is 2.40. The molecular weight excluding hydrogens is 436 g/mol. The zero-order valence-corrected chi connectivity index (χ0v) is 20.0. The number of hydrogen-bond acceptors (Lipinski definition) is 7. The molecule has 0 spiro atoms. The number of carbonyl (C=O) groups excluding carboxylic acids is 1. The Hall–Kier alpha value is -3.23. The second kappa shape index (κ2) is 7.65. The van der Waals surface area contributed by atoms with Gasteiger partial charge in [0.05, 0.1) is 29.0 Å². The second-order valence-electron chi connectivity index (χ2n) is 9.83. The maximum Gasteiger partial charge on any atom is 0.343 e. The molecule has 0 saturated carbocycles. The number of carbonyl (C=O) groups is 1. The van der Waals surface area contributed by atoms with Crippen LogP contribution < -0.4 is 10.4 Å². The van der Waals surface area contributed by atoms with E-state index in [0.29, 0.717) is 34.8 Å². The van der Waals surface area contributed by atoms with Crippen molar-refractivity contribution < 1.29 is 24.4 Å². The summed E-state index contributed by atoms with van der Waals surface area (Å²) in [4.78, 5) is 41.7. The lowest BCUT2D eigenvalue weighted by Gasteiger charge is -2.31.